The number of rotatable bonds is 6. The third-order valence-electron chi connectivity index (χ3n) is 4.72. The lowest BCUT2D eigenvalue weighted by Gasteiger charge is -2.29. The van der Waals surface area contributed by atoms with E-state index in [0.29, 0.717) is 22.0 Å². The van der Waals surface area contributed by atoms with Crippen LogP contribution in [0.2, 0.25) is 5.02 Å². The van der Waals surface area contributed by atoms with Crippen LogP contribution >= 0.6 is 11.6 Å². The van der Waals surface area contributed by atoms with Crippen molar-refractivity contribution < 1.29 is 19.4 Å². The maximum absolute atomic E-state index is 13.0. The van der Waals surface area contributed by atoms with Crippen molar-refractivity contribution in [3.05, 3.63) is 93.6 Å². The molecule has 2 N–H and O–H groups in total. The summed E-state index contributed by atoms with van der Waals surface area (Å²) in [7, 11) is 0. The molecular weight excluding hydrogens is 404 g/mol. The van der Waals surface area contributed by atoms with Gasteiger partial charge in [0.05, 0.1) is 17.1 Å². The zero-order valence-corrected chi connectivity index (χ0v) is 17.3. The largest absolute Gasteiger partial charge is 0.478 e. The molecule has 0 aliphatic carbocycles. The molecule has 0 bridgehead atoms. The number of ether oxygens (including phenoxy) is 1. The molecule has 0 saturated heterocycles. The van der Waals surface area contributed by atoms with Crippen LogP contribution in [-0.4, -0.2) is 28.6 Å². The Morgan fingerprint density at radius 3 is 2.53 bits per heavy atom. The van der Waals surface area contributed by atoms with Gasteiger partial charge in [0, 0.05) is 28.8 Å². The normalized spacial score (nSPS) is 16.6. The summed E-state index contributed by atoms with van der Waals surface area (Å²) in [5.74, 6) is -2.49. The number of hydrogen-bond donors (Lipinski definition) is 2. The number of carboxylic acid groups (broad SMARTS) is 1. The Bertz CT molecular complexity index is 1060. The van der Waals surface area contributed by atoms with Gasteiger partial charge >= 0.3 is 11.9 Å². The summed E-state index contributed by atoms with van der Waals surface area (Å²) in [6.07, 6.45) is 6.87. The van der Waals surface area contributed by atoms with E-state index in [1.165, 1.54) is 0 Å². The van der Waals surface area contributed by atoms with Gasteiger partial charge < -0.3 is 15.2 Å². The fraction of sp³-hybridized carbons (Fsp3) is 0.174. The zero-order chi connectivity index (χ0) is 21.7. The number of carbonyl (C=O) groups is 2. The molecular formula is C23H21ClN2O4. The Kier molecular flexibility index (Phi) is 6.69. The number of nitrogens with one attached hydrogen (secondary N) is 1. The van der Waals surface area contributed by atoms with Crippen molar-refractivity contribution in [2.45, 2.75) is 19.8 Å². The first-order valence-corrected chi connectivity index (χ1v) is 9.67. The lowest BCUT2D eigenvalue weighted by Crippen LogP contribution is -2.31. The van der Waals surface area contributed by atoms with Crippen LogP contribution in [0.1, 0.15) is 30.9 Å². The summed E-state index contributed by atoms with van der Waals surface area (Å²) >= 11 is 6.13. The molecule has 1 aliphatic heterocycles. The fourth-order valence-electron chi connectivity index (χ4n) is 3.43. The standard InChI is InChI=1S/C23H21ClN2O4/c1-14-19(22(27)28)21(17-6-3-7-18(24)13-17)20(15(2)26-14)23(29)30-12-4-5-16-8-10-25-11-9-16/h3-11,13,21,26H,12H2,1-2H3,(H,27,28)/b5-4+. The topological polar surface area (TPSA) is 88.5 Å². The van der Waals surface area contributed by atoms with Crippen LogP contribution in [0.5, 0.6) is 0 Å². The second-order valence-corrected chi connectivity index (χ2v) is 7.21. The molecule has 1 aliphatic rings. The zero-order valence-electron chi connectivity index (χ0n) is 16.6. The van der Waals surface area contributed by atoms with E-state index in [4.69, 9.17) is 16.3 Å². The molecule has 1 aromatic carbocycles. The Hall–Kier alpha value is -3.38. The van der Waals surface area contributed by atoms with Crippen LogP contribution in [0.15, 0.2) is 77.4 Å². The molecule has 2 heterocycles. The maximum Gasteiger partial charge on any atom is 0.337 e. The summed E-state index contributed by atoms with van der Waals surface area (Å²) < 4.78 is 5.43. The summed E-state index contributed by atoms with van der Waals surface area (Å²) in [5.41, 5.74) is 2.89. The van der Waals surface area contributed by atoms with Crippen LogP contribution in [0.4, 0.5) is 0 Å². The molecule has 1 unspecified atom stereocenters. The van der Waals surface area contributed by atoms with Gasteiger partial charge in [-0.3, -0.25) is 4.98 Å². The minimum Gasteiger partial charge on any atom is -0.478 e. The number of allylic oxidation sites excluding steroid dienone is 2. The van der Waals surface area contributed by atoms with Gasteiger partial charge in [-0.1, -0.05) is 29.8 Å². The van der Waals surface area contributed by atoms with Gasteiger partial charge in [0.1, 0.15) is 6.61 Å². The average Bonchev–Trinajstić information content (AvgIpc) is 2.71. The molecule has 30 heavy (non-hydrogen) atoms. The number of carboxylic acids is 1. The first-order valence-electron chi connectivity index (χ1n) is 9.29. The Labute approximate surface area is 179 Å². The number of nitrogens with zero attached hydrogens (tertiary/aromatic N) is 1. The van der Waals surface area contributed by atoms with Crippen molar-refractivity contribution in [3.63, 3.8) is 0 Å². The molecule has 0 spiro atoms. The van der Waals surface area contributed by atoms with Crippen LogP contribution in [0, 0.1) is 0 Å². The lowest BCUT2D eigenvalue weighted by molar-refractivity contribution is -0.138. The lowest BCUT2D eigenvalue weighted by atomic mass is 9.80. The van der Waals surface area contributed by atoms with Gasteiger partial charge in [-0.25, -0.2) is 9.59 Å². The molecule has 6 nitrogen and oxygen atoms in total. The summed E-state index contributed by atoms with van der Waals surface area (Å²) in [5, 5.41) is 13.3. The van der Waals surface area contributed by atoms with E-state index >= 15 is 0 Å². The van der Waals surface area contributed by atoms with Crippen molar-refractivity contribution in [1.82, 2.24) is 10.3 Å². The van der Waals surface area contributed by atoms with Gasteiger partial charge in [-0.05, 0) is 55.3 Å². The highest BCUT2D eigenvalue weighted by Crippen LogP contribution is 2.39. The minimum atomic E-state index is -1.11. The second kappa shape index (κ2) is 9.41. The van der Waals surface area contributed by atoms with Crippen molar-refractivity contribution in [1.29, 1.82) is 0 Å². The van der Waals surface area contributed by atoms with Gasteiger partial charge in [0.25, 0.3) is 0 Å². The third kappa shape index (κ3) is 4.78. The highest BCUT2D eigenvalue weighted by atomic mass is 35.5. The van der Waals surface area contributed by atoms with E-state index < -0.39 is 17.9 Å². The first kappa shape index (κ1) is 21.3. The van der Waals surface area contributed by atoms with Gasteiger partial charge in [-0.2, -0.15) is 0 Å². The molecule has 1 aromatic heterocycles. The van der Waals surface area contributed by atoms with Crippen LogP contribution in [0.25, 0.3) is 6.08 Å². The predicted octanol–water partition coefficient (Wildman–Crippen LogP) is 4.31. The smallest absolute Gasteiger partial charge is 0.337 e. The predicted molar refractivity (Wildman–Crippen MR) is 115 cm³/mol. The number of hydrogen-bond acceptors (Lipinski definition) is 5. The molecule has 0 amide bonds. The Morgan fingerprint density at radius 1 is 1.17 bits per heavy atom. The van der Waals surface area contributed by atoms with E-state index in [0.717, 1.165) is 5.56 Å². The Morgan fingerprint density at radius 2 is 1.87 bits per heavy atom. The number of dihydropyridines is 1. The molecule has 7 heteroatoms. The molecule has 154 valence electrons. The number of aliphatic carboxylic acids is 1. The molecule has 0 fully saturated rings. The molecule has 2 aromatic rings. The summed E-state index contributed by atoms with van der Waals surface area (Å²) in [6.45, 7) is 3.44. The van der Waals surface area contributed by atoms with Crippen LogP contribution < -0.4 is 5.32 Å². The SMILES string of the molecule is CC1=C(C(=O)O)C(c2cccc(Cl)c2)C(C(=O)OC/C=C/c2ccncc2)=C(C)N1. The highest BCUT2D eigenvalue weighted by Gasteiger charge is 2.37. The summed E-state index contributed by atoms with van der Waals surface area (Å²) in [6, 6.07) is 10.5. The van der Waals surface area contributed by atoms with Gasteiger partial charge in [0.2, 0.25) is 0 Å². The molecule has 0 radical (unpaired) electrons. The minimum absolute atomic E-state index is 0.0469. The van der Waals surface area contributed by atoms with E-state index in [2.05, 4.69) is 10.3 Å². The number of esters is 1. The van der Waals surface area contributed by atoms with Crippen LogP contribution in [-0.2, 0) is 14.3 Å². The number of benzene rings is 1. The van der Waals surface area contributed by atoms with Crippen molar-refractivity contribution >= 4 is 29.6 Å². The monoisotopic (exact) mass is 424 g/mol. The number of carbonyl (C=O) groups excluding carboxylic acids is 1. The molecule has 1 atom stereocenters. The van der Waals surface area contributed by atoms with Crippen LogP contribution in [0.3, 0.4) is 0 Å². The van der Waals surface area contributed by atoms with E-state index in [1.807, 2.05) is 18.2 Å². The van der Waals surface area contributed by atoms with E-state index in [1.54, 1.807) is 56.6 Å². The highest BCUT2D eigenvalue weighted by molar-refractivity contribution is 6.30. The molecule has 0 saturated carbocycles. The fourth-order valence-corrected chi connectivity index (χ4v) is 3.63. The first-order chi connectivity index (χ1) is 14.4. The van der Waals surface area contributed by atoms with Gasteiger partial charge in [-0.15, -0.1) is 0 Å². The number of pyridine rings is 1. The van der Waals surface area contributed by atoms with E-state index in [9.17, 15) is 14.7 Å². The second-order valence-electron chi connectivity index (χ2n) is 6.78. The Balaban J connectivity index is 1.88. The van der Waals surface area contributed by atoms with Crippen molar-refractivity contribution in [3.8, 4) is 0 Å². The maximum atomic E-state index is 13.0. The van der Waals surface area contributed by atoms with Gasteiger partial charge in [0.15, 0.2) is 0 Å². The molecule has 3 rings (SSSR count). The van der Waals surface area contributed by atoms with Crippen molar-refractivity contribution in [2.75, 3.05) is 6.61 Å². The quantitative estimate of drug-likeness (QED) is 0.672. The van der Waals surface area contributed by atoms with Crippen molar-refractivity contribution in [2.24, 2.45) is 0 Å². The average molecular weight is 425 g/mol. The number of aromatic nitrogens is 1. The third-order valence-corrected chi connectivity index (χ3v) is 4.95. The number of halogens is 1. The van der Waals surface area contributed by atoms with E-state index in [-0.39, 0.29) is 17.8 Å². The summed E-state index contributed by atoms with van der Waals surface area (Å²) in [4.78, 5) is 28.9.